The van der Waals surface area contributed by atoms with Gasteiger partial charge < -0.3 is 4.84 Å². The predicted molar refractivity (Wildman–Crippen MR) is 51.7 cm³/mol. The fourth-order valence-electron chi connectivity index (χ4n) is 1.22. The summed E-state index contributed by atoms with van der Waals surface area (Å²) in [7, 11) is 0. The molecule has 0 saturated heterocycles. The zero-order chi connectivity index (χ0) is 10.1. The molecule has 0 amide bonds. The van der Waals surface area contributed by atoms with Gasteiger partial charge >= 0.3 is 0 Å². The van der Waals surface area contributed by atoms with E-state index < -0.39 is 0 Å². The Hall–Kier alpha value is -0.860. The minimum atomic E-state index is -0.320. The van der Waals surface area contributed by atoms with Gasteiger partial charge in [0.15, 0.2) is 11.9 Å². The van der Waals surface area contributed by atoms with Gasteiger partial charge in [-0.2, -0.15) is 0 Å². The van der Waals surface area contributed by atoms with Crippen LogP contribution in [0.3, 0.4) is 0 Å². The summed E-state index contributed by atoms with van der Waals surface area (Å²) in [6.45, 7) is 8.08. The molecule has 0 bridgehead atoms. The average molecular weight is 183 g/mol. The second kappa shape index (κ2) is 3.48. The highest BCUT2D eigenvalue weighted by Gasteiger charge is 2.32. The molecule has 1 aliphatic heterocycles. The summed E-state index contributed by atoms with van der Waals surface area (Å²) in [5, 5.41) is 3.95. The van der Waals surface area contributed by atoms with E-state index in [-0.39, 0.29) is 17.3 Å². The Labute approximate surface area is 79.1 Å². The first-order valence-electron chi connectivity index (χ1n) is 4.71. The summed E-state index contributed by atoms with van der Waals surface area (Å²) < 4.78 is 0. The SMILES string of the molecule is CCC(=O)[C@@H]1CC(C(C)(C)C)=NO1. The molecule has 0 fully saturated rings. The molecule has 0 aromatic carbocycles. The monoisotopic (exact) mass is 183 g/mol. The fourth-order valence-corrected chi connectivity index (χ4v) is 1.22. The van der Waals surface area contributed by atoms with Crippen molar-refractivity contribution in [3.63, 3.8) is 0 Å². The smallest absolute Gasteiger partial charge is 0.190 e. The summed E-state index contributed by atoms with van der Waals surface area (Å²) in [5.41, 5.74) is 1.00. The highest BCUT2D eigenvalue weighted by Crippen LogP contribution is 2.25. The summed E-state index contributed by atoms with van der Waals surface area (Å²) >= 11 is 0. The van der Waals surface area contributed by atoms with Gasteiger partial charge in [-0.1, -0.05) is 32.9 Å². The Kier molecular flexibility index (Phi) is 2.74. The van der Waals surface area contributed by atoms with Gasteiger partial charge in [0.05, 0.1) is 5.71 Å². The molecule has 1 rings (SSSR count). The Bertz CT molecular complexity index is 238. The third-order valence-electron chi connectivity index (χ3n) is 2.24. The molecule has 0 aliphatic carbocycles. The molecule has 3 heteroatoms. The Morgan fingerprint density at radius 3 is 2.62 bits per heavy atom. The topological polar surface area (TPSA) is 38.7 Å². The third-order valence-corrected chi connectivity index (χ3v) is 2.24. The number of ketones is 1. The van der Waals surface area contributed by atoms with Crippen LogP contribution in [0.4, 0.5) is 0 Å². The van der Waals surface area contributed by atoms with Gasteiger partial charge in [-0.25, -0.2) is 0 Å². The molecular weight excluding hydrogens is 166 g/mol. The molecule has 13 heavy (non-hydrogen) atoms. The number of rotatable bonds is 2. The van der Waals surface area contributed by atoms with E-state index in [1.807, 2.05) is 6.92 Å². The summed E-state index contributed by atoms with van der Waals surface area (Å²) in [4.78, 5) is 16.4. The van der Waals surface area contributed by atoms with Crippen molar-refractivity contribution in [2.45, 2.75) is 46.6 Å². The predicted octanol–water partition coefficient (Wildman–Crippen LogP) is 2.16. The number of Topliss-reactive ketones (excluding diaryl/α,β-unsaturated/α-hetero) is 1. The average Bonchev–Trinajstić information content (AvgIpc) is 2.50. The van der Waals surface area contributed by atoms with Crippen molar-refractivity contribution >= 4 is 11.5 Å². The van der Waals surface area contributed by atoms with E-state index in [4.69, 9.17) is 4.84 Å². The van der Waals surface area contributed by atoms with E-state index in [0.717, 1.165) is 5.71 Å². The lowest BCUT2D eigenvalue weighted by Gasteiger charge is -2.16. The number of oxime groups is 1. The van der Waals surface area contributed by atoms with Crippen molar-refractivity contribution < 1.29 is 9.63 Å². The van der Waals surface area contributed by atoms with E-state index >= 15 is 0 Å². The first kappa shape index (κ1) is 10.2. The molecule has 0 unspecified atom stereocenters. The van der Waals surface area contributed by atoms with Crippen LogP contribution < -0.4 is 0 Å². The summed E-state index contributed by atoms with van der Waals surface area (Å²) in [5.74, 6) is 0.142. The lowest BCUT2D eigenvalue weighted by molar-refractivity contribution is -0.128. The van der Waals surface area contributed by atoms with Crippen LogP contribution in [0.25, 0.3) is 0 Å². The lowest BCUT2D eigenvalue weighted by Crippen LogP contribution is -2.24. The number of carbonyl (C=O) groups is 1. The molecule has 0 aromatic heterocycles. The maximum atomic E-state index is 11.3. The number of carbonyl (C=O) groups excluding carboxylic acids is 1. The van der Waals surface area contributed by atoms with Crippen LogP contribution in [0.15, 0.2) is 5.16 Å². The minimum absolute atomic E-state index is 0.0166. The van der Waals surface area contributed by atoms with Gasteiger partial charge in [0.25, 0.3) is 0 Å². The number of hydrogen-bond donors (Lipinski definition) is 0. The van der Waals surface area contributed by atoms with Gasteiger partial charge in [0.1, 0.15) is 0 Å². The standard InChI is InChI=1S/C10H17NO2/c1-5-7(12)8-6-9(11-13-8)10(2,3)4/h8H,5-6H2,1-4H3/t8-/m0/s1. The summed E-state index contributed by atoms with van der Waals surface area (Å²) in [6.07, 6.45) is 0.868. The quantitative estimate of drug-likeness (QED) is 0.658. The third kappa shape index (κ3) is 2.29. The normalized spacial score (nSPS) is 22.5. The van der Waals surface area contributed by atoms with Crippen LogP contribution in [-0.2, 0) is 9.63 Å². The number of hydrogen-bond acceptors (Lipinski definition) is 3. The van der Waals surface area contributed by atoms with Crippen LogP contribution in [0.2, 0.25) is 0 Å². The minimum Gasteiger partial charge on any atom is -0.384 e. The van der Waals surface area contributed by atoms with Crippen LogP contribution in [-0.4, -0.2) is 17.6 Å². The molecule has 1 heterocycles. The number of nitrogens with zero attached hydrogens (tertiary/aromatic N) is 1. The van der Waals surface area contributed by atoms with Crippen LogP contribution in [0.1, 0.15) is 40.5 Å². The van der Waals surface area contributed by atoms with Gasteiger partial charge in [-0.15, -0.1) is 0 Å². The van der Waals surface area contributed by atoms with Gasteiger partial charge in [0.2, 0.25) is 0 Å². The molecule has 3 nitrogen and oxygen atoms in total. The Morgan fingerprint density at radius 2 is 2.23 bits per heavy atom. The van der Waals surface area contributed by atoms with Crippen molar-refractivity contribution in [2.75, 3.05) is 0 Å². The zero-order valence-corrected chi connectivity index (χ0v) is 8.76. The molecule has 1 aliphatic rings. The Morgan fingerprint density at radius 1 is 1.62 bits per heavy atom. The van der Waals surface area contributed by atoms with Crippen molar-refractivity contribution in [3.05, 3.63) is 0 Å². The maximum Gasteiger partial charge on any atom is 0.190 e. The largest absolute Gasteiger partial charge is 0.384 e. The van der Waals surface area contributed by atoms with Crippen molar-refractivity contribution in [1.82, 2.24) is 0 Å². The maximum absolute atomic E-state index is 11.3. The molecule has 1 atom stereocenters. The fraction of sp³-hybridized carbons (Fsp3) is 0.800. The van der Waals surface area contributed by atoms with Crippen molar-refractivity contribution in [3.8, 4) is 0 Å². The van der Waals surface area contributed by atoms with E-state index in [2.05, 4.69) is 25.9 Å². The second-order valence-corrected chi connectivity index (χ2v) is 4.41. The van der Waals surface area contributed by atoms with Crippen LogP contribution >= 0.6 is 0 Å². The molecule has 0 radical (unpaired) electrons. The molecule has 0 N–H and O–H groups in total. The van der Waals surface area contributed by atoms with Crippen molar-refractivity contribution in [1.29, 1.82) is 0 Å². The van der Waals surface area contributed by atoms with E-state index in [1.54, 1.807) is 0 Å². The molecule has 0 spiro atoms. The highest BCUT2D eigenvalue weighted by molar-refractivity contribution is 5.96. The first-order chi connectivity index (χ1) is 5.95. The molecular formula is C10H17NO2. The Balaban J connectivity index is 2.57. The van der Waals surface area contributed by atoms with Crippen LogP contribution in [0, 0.1) is 5.41 Å². The van der Waals surface area contributed by atoms with Crippen molar-refractivity contribution in [2.24, 2.45) is 10.6 Å². The van der Waals surface area contributed by atoms with Crippen LogP contribution in [0.5, 0.6) is 0 Å². The lowest BCUT2D eigenvalue weighted by atomic mass is 9.86. The first-order valence-corrected chi connectivity index (χ1v) is 4.71. The summed E-state index contributed by atoms with van der Waals surface area (Å²) in [6, 6.07) is 0. The molecule has 74 valence electrons. The second-order valence-electron chi connectivity index (χ2n) is 4.41. The van der Waals surface area contributed by atoms with E-state index in [0.29, 0.717) is 12.8 Å². The van der Waals surface area contributed by atoms with E-state index in [1.165, 1.54) is 0 Å². The van der Waals surface area contributed by atoms with Gasteiger partial charge in [-0.05, 0) is 0 Å². The molecule has 0 aromatic rings. The highest BCUT2D eigenvalue weighted by atomic mass is 16.6. The van der Waals surface area contributed by atoms with Gasteiger partial charge in [0, 0.05) is 18.3 Å². The molecule has 0 saturated carbocycles. The zero-order valence-electron chi connectivity index (χ0n) is 8.76. The van der Waals surface area contributed by atoms with E-state index in [9.17, 15) is 4.79 Å². The van der Waals surface area contributed by atoms with Gasteiger partial charge in [-0.3, -0.25) is 4.79 Å².